The molecule has 0 spiro atoms. The molecular weight excluding hydrogens is 630 g/mol. The largest absolute Gasteiger partial charge is 0.316 e. The van der Waals surface area contributed by atoms with Gasteiger partial charge in [-0.25, -0.2) is 18.3 Å². The van der Waals surface area contributed by atoms with Crippen molar-refractivity contribution in [1.82, 2.24) is 0 Å². The molecule has 26 heteroatoms. The van der Waals surface area contributed by atoms with Gasteiger partial charge in [0, 0.05) is 19.5 Å². The first-order valence-electron chi connectivity index (χ1n) is 3.13. The van der Waals surface area contributed by atoms with Crippen LogP contribution in [0.1, 0.15) is 0 Å². The maximum Gasteiger partial charge on any atom is 0.316 e. The molecule has 0 saturated carbocycles. The van der Waals surface area contributed by atoms with Crippen LogP contribution in [-0.2, 0) is 37.7 Å². The molecule has 0 aromatic carbocycles. The first kappa shape index (κ1) is 63.8. The van der Waals surface area contributed by atoms with Crippen LogP contribution in [0.25, 0.3) is 0 Å². The number of hydrogen-bond acceptors (Lipinski definition) is 4. The zero-order valence-corrected chi connectivity index (χ0v) is 16.0. The standard InChI is InChI=1S/4Ca.Mg.4H3O4P.Zn.10H/c;;;;;4*1-5(2,3)4;;;;;;;;;;;/h;;;;;4*(H3,1,2,3,4);;;;;;;;;;;. The number of phosphoric acid groups is 4. The zero-order valence-electron chi connectivity index (χ0n) is 9.50. The second-order valence-electron chi connectivity index (χ2n) is 2.05. The Labute approximate surface area is 295 Å². The fourth-order valence-corrected chi connectivity index (χ4v) is 0. The van der Waals surface area contributed by atoms with Crippen LogP contribution in [0.2, 0.25) is 0 Å². The van der Waals surface area contributed by atoms with Gasteiger partial charge in [-0.05, 0) is 0 Å². The molecule has 0 aromatic heterocycles. The Bertz CT molecular complexity index is 307. The summed E-state index contributed by atoms with van der Waals surface area (Å²) in [5.41, 5.74) is 0. The molecule has 0 unspecified atom stereocenters. The van der Waals surface area contributed by atoms with E-state index in [4.69, 9.17) is 77.0 Å². The van der Waals surface area contributed by atoms with E-state index in [1.807, 2.05) is 0 Å². The number of rotatable bonds is 0. The monoisotopic (exact) mass is 650 g/mol. The van der Waals surface area contributed by atoms with Crippen molar-refractivity contribution in [3.8, 4) is 0 Å². The molecule has 0 amide bonds. The molecule has 0 saturated heterocycles. The van der Waals surface area contributed by atoms with Crippen LogP contribution in [0.5, 0.6) is 0 Å². The minimum Gasteiger partial charge on any atom is 0 e. The molecule has 0 bridgehead atoms. The van der Waals surface area contributed by atoms with E-state index in [1.54, 1.807) is 0 Å². The van der Waals surface area contributed by atoms with E-state index < -0.39 is 31.3 Å². The third-order valence-corrected chi connectivity index (χ3v) is 0. The molecule has 0 atom stereocenters. The number of hydrogen-bond donors (Lipinski definition) is 12. The average molecular weight is 652 g/mol. The molecule has 0 rings (SSSR count). The molecular formula is H22Ca4MgO16P4Zn. The summed E-state index contributed by atoms with van der Waals surface area (Å²) in [5, 5.41) is 0. The Morgan fingerprint density at radius 1 is 0.346 bits per heavy atom. The third-order valence-electron chi connectivity index (χ3n) is 0. The van der Waals surface area contributed by atoms with Crippen molar-refractivity contribution < 1.29 is 96.5 Å². The summed E-state index contributed by atoms with van der Waals surface area (Å²) in [6, 6.07) is 0. The summed E-state index contributed by atoms with van der Waals surface area (Å²) in [6.45, 7) is 0. The summed E-state index contributed by atoms with van der Waals surface area (Å²) in [5.74, 6) is 0. The minimum atomic E-state index is -4.64. The van der Waals surface area contributed by atoms with E-state index in [-0.39, 0.29) is 193 Å². The molecule has 0 radical (unpaired) electrons. The second kappa shape index (κ2) is 31.9. The summed E-state index contributed by atoms with van der Waals surface area (Å²) in [7, 11) is -18.6. The third kappa shape index (κ3) is 584. The molecule has 0 fully saturated rings. The Hall–Kier alpha value is 6.87. The van der Waals surface area contributed by atoms with Gasteiger partial charge in [-0.3, -0.25) is 0 Å². The quantitative estimate of drug-likeness (QED) is 0.0854. The summed E-state index contributed by atoms with van der Waals surface area (Å²) in [4.78, 5) is 86.2. The fourth-order valence-electron chi connectivity index (χ4n) is 0. The minimum absolute atomic E-state index is 0. The van der Waals surface area contributed by atoms with Crippen LogP contribution in [0.15, 0.2) is 0 Å². The van der Waals surface area contributed by atoms with E-state index in [0.29, 0.717) is 0 Å². The smallest absolute Gasteiger partial charge is 0 e. The van der Waals surface area contributed by atoms with Crippen molar-refractivity contribution in [3.05, 3.63) is 0 Å². The van der Waals surface area contributed by atoms with Gasteiger partial charge in [0.15, 0.2) is 0 Å². The maximum absolute atomic E-state index is 8.88. The van der Waals surface area contributed by atoms with Crippen molar-refractivity contribution in [2.45, 2.75) is 0 Å². The Balaban J connectivity index is -0.0000000152. The van der Waals surface area contributed by atoms with Gasteiger partial charge in [0.1, 0.15) is 0 Å². The van der Waals surface area contributed by atoms with Gasteiger partial charge in [0.2, 0.25) is 0 Å². The molecule has 12 N–H and O–H groups in total. The van der Waals surface area contributed by atoms with Gasteiger partial charge in [-0.2, -0.15) is 0 Å². The van der Waals surface area contributed by atoms with E-state index in [1.165, 1.54) is 0 Å². The van der Waals surface area contributed by atoms with Crippen molar-refractivity contribution >= 4 is 205 Å². The van der Waals surface area contributed by atoms with Crippen LogP contribution in [0.3, 0.4) is 0 Å². The first-order chi connectivity index (χ1) is 8.00. The molecule has 0 heterocycles. The van der Waals surface area contributed by atoms with Gasteiger partial charge < -0.3 is 58.7 Å². The fraction of sp³-hybridized carbons (Fsp3) is 0. The van der Waals surface area contributed by atoms with Crippen LogP contribution < -0.4 is 0 Å². The topological polar surface area (TPSA) is 311 Å². The zero-order chi connectivity index (χ0) is 18.0. The van der Waals surface area contributed by atoms with Gasteiger partial charge in [0.05, 0.1) is 0 Å². The molecule has 0 aromatic rings. The van der Waals surface area contributed by atoms with Crippen LogP contribution in [-0.4, -0.2) is 233 Å². The Kier molecular flexibility index (Phi) is 78.2. The summed E-state index contributed by atoms with van der Waals surface area (Å²) in [6.07, 6.45) is 0. The van der Waals surface area contributed by atoms with Gasteiger partial charge >= 0.3 is 205 Å². The molecule has 0 aliphatic rings. The van der Waals surface area contributed by atoms with Crippen LogP contribution in [0.4, 0.5) is 0 Å². The van der Waals surface area contributed by atoms with E-state index >= 15 is 0 Å². The summed E-state index contributed by atoms with van der Waals surface area (Å²) < 4.78 is 35.5. The van der Waals surface area contributed by atoms with Crippen molar-refractivity contribution in [2.24, 2.45) is 0 Å². The second-order valence-corrected chi connectivity index (χ2v) is 6.16. The molecule has 16 nitrogen and oxygen atoms in total. The molecule has 150 valence electrons. The van der Waals surface area contributed by atoms with Crippen LogP contribution >= 0.6 is 31.3 Å². The van der Waals surface area contributed by atoms with E-state index in [9.17, 15) is 0 Å². The maximum atomic E-state index is 8.88. The van der Waals surface area contributed by atoms with E-state index in [0.717, 1.165) is 0 Å². The normalized spacial score (nSPS) is 9.08. The predicted octanol–water partition coefficient (Wildman–Crippen LogP) is -8.30. The van der Waals surface area contributed by atoms with Crippen molar-refractivity contribution in [1.29, 1.82) is 0 Å². The van der Waals surface area contributed by atoms with Gasteiger partial charge in [-0.15, -0.1) is 0 Å². The SMILES string of the molecule is O=P(O)(O)O.O=P(O)(O)O.O=P(O)(O)O.O=P(O)(O)O.[CaH2].[CaH2].[CaH2].[CaH2].[MgH2].[Zn]. The first-order valence-corrected chi connectivity index (χ1v) is 9.39. The average Bonchev–Trinajstić information content (AvgIpc) is 1.62. The van der Waals surface area contributed by atoms with E-state index in [2.05, 4.69) is 0 Å². The van der Waals surface area contributed by atoms with Crippen molar-refractivity contribution in [3.63, 3.8) is 0 Å². The summed E-state index contributed by atoms with van der Waals surface area (Å²) >= 11 is 0. The predicted molar refractivity (Wildman–Crippen MR) is 99.8 cm³/mol. The van der Waals surface area contributed by atoms with Crippen LogP contribution in [0, 0.1) is 0 Å². The Morgan fingerprint density at radius 3 is 0.346 bits per heavy atom. The van der Waals surface area contributed by atoms with Gasteiger partial charge in [0.25, 0.3) is 0 Å². The van der Waals surface area contributed by atoms with Gasteiger partial charge in [-0.1, -0.05) is 0 Å². The van der Waals surface area contributed by atoms with Crippen molar-refractivity contribution in [2.75, 3.05) is 0 Å². The molecule has 0 aliphatic heterocycles. The Morgan fingerprint density at radius 2 is 0.346 bits per heavy atom. The molecule has 0 aliphatic carbocycles. The molecule has 26 heavy (non-hydrogen) atoms.